The van der Waals surface area contributed by atoms with Gasteiger partial charge in [-0.25, -0.2) is 0 Å². The number of aliphatic hydroxyl groups excluding tert-OH is 1. The van der Waals surface area contributed by atoms with Crippen LogP contribution in [0.4, 0.5) is 0 Å². The van der Waals surface area contributed by atoms with Gasteiger partial charge in [0.05, 0.1) is 0 Å². The zero-order valence-electron chi connectivity index (χ0n) is 21.5. The normalized spacial score (nSPS) is 15.6. The zero-order valence-corrected chi connectivity index (χ0v) is 21.5. The Morgan fingerprint density at radius 1 is 1.15 bits per heavy atom. The van der Waals surface area contributed by atoms with Crippen LogP contribution < -0.4 is 0 Å². The molecule has 0 aliphatic rings. The smallest absolute Gasteiger partial charge is 0.150 e. The lowest BCUT2D eigenvalue weighted by Gasteiger charge is -2.24. The SMILES string of the molecule is C=CC(C)CC(CO)Cn1c(C(C)/C=C\C)c(C(CCC)CCCC)c2ccc(C=O)cc21. The summed E-state index contributed by atoms with van der Waals surface area (Å²) in [5.74, 6) is 1.25. The van der Waals surface area contributed by atoms with E-state index in [4.69, 9.17) is 0 Å². The Balaban J connectivity index is 2.80. The van der Waals surface area contributed by atoms with E-state index in [1.165, 1.54) is 42.3 Å². The van der Waals surface area contributed by atoms with Crippen LogP contribution in [0.1, 0.15) is 107 Å². The van der Waals surface area contributed by atoms with E-state index >= 15 is 0 Å². The molecule has 1 aromatic carbocycles. The fourth-order valence-electron chi connectivity index (χ4n) is 5.30. The van der Waals surface area contributed by atoms with Crippen molar-refractivity contribution >= 4 is 17.2 Å². The number of nitrogens with zero attached hydrogens (tertiary/aromatic N) is 1. The van der Waals surface area contributed by atoms with Gasteiger partial charge < -0.3 is 9.67 Å². The van der Waals surface area contributed by atoms with Crippen LogP contribution in [0.5, 0.6) is 0 Å². The first-order valence-corrected chi connectivity index (χ1v) is 12.9. The molecule has 3 heteroatoms. The van der Waals surface area contributed by atoms with Crippen molar-refractivity contribution in [3.05, 3.63) is 59.8 Å². The van der Waals surface area contributed by atoms with Gasteiger partial charge in [-0.2, -0.15) is 0 Å². The molecule has 0 saturated carbocycles. The van der Waals surface area contributed by atoms with Crippen molar-refractivity contribution in [2.24, 2.45) is 11.8 Å². The molecule has 0 aliphatic heterocycles. The van der Waals surface area contributed by atoms with Gasteiger partial charge in [0.15, 0.2) is 0 Å². The first-order chi connectivity index (χ1) is 15.9. The second kappa shape index (κ2) is 13.5. The van der Waals surface area contributed by atoms with Crippen LogP contribution >= 0.6 is 0 Å². The molecule has 2 aromatic rings. The average Bonchev–Trinajstić information content (AvgIpc) is 3.14. The highest BCUT2D eigenvalue weighted by molar-refractivity contribution is 5.91. The summed E-state index contributed by atoms with van der Waals surface area (Å²) in [6.07, 6.45) is 14.1. The first kappa shape index (κ1) is 27.1. The van der Waals surface area contributed by atoms with Gasteiger partial charge in [0, 0.05) is 47.1 Å². The van der Waals surface area contributed by atoms with Crippen LogP contribution in [0.3, 0.4) is 0 Å². The quantitative estimate of drug-likeness (QED) is 0.220. The summed E-state index contributed by atoms with van der Waals surface area (Å²) in [6, 6.07) is 6.16. The number of allylic oxidation sites excluding steroid dienone is 3. The fourth-order valence-corrected chi connectivity index (χ4v) is 5.30. The molecule has 33 heavy (non-hydrogen) atoms. The van der Waals surface area contributed by atoms with Crippen LogP contribution in [0.15, 0.2) is 43.0 Å². The molecule has 3 nitrogen and oxygen atoms in total. The molecule has 0 aliphatic carbocycles. The number of fused-ring (bicyclic) bond motifs is 1. The van der Waals surface area contributed by atoms with Crippen molar-refractivity contribution in [3.63, 3.8) is 0 Å². The Hall–Kier alpha value is -2.13. The molecule has 1 aromatic heterocycles. The molecule has 4 unspecified atom stereocenters. The summed E-state index contributed by atoms with van der Waals surface area (Å²) >= 11 is 0. The molecular weight excluding hydrogens is 406 g/mol. The zero-order chi connectivity index (χ0) is 24.4. The molecule has 1 heterocycles. The molecule has 1 N–H and O–H groups in total. The maximum absolute atomic E-state index is 11.7. The predicted octanol–water partition coefficient (Wildman–Crippen LogP) is 8.03. The highest BCUT2D eigenvalue weighted by Gasteiger charge is 2.27. The van der Waals surface area contributed by atoms with Crippen LogP contribution in [0.2, 0.25) is 0 Å². The maximum Gasteiger partial charge on any atom is 0.150 e. The molecule has 0 saturated heterocycles. The van der Waals surface area contributed by atoms with Crippen molar-refractivity contribution in [1.82, 2.24) is 4.57 Å². The average molecular weight is 452 g/mol. The lowest BCUT2D eigenvalue weighted by atomic mass is 9.85. The van der Waals surface area contributed by atoms with E-state index in [-0.39, 0.29) is 18.4 Å². The number of unbranched alkanes of at least 4 members (excludes halogenated alkanes) is 1. The Bertz CT molecular complexity index is 923. The number of carbonyl (C=O) groups is 1. The van der Waals surface area contributed by atoms with Crippen molar-refractivity contribution in [1.29, 1.82) is 0 Å². The minimum absolute atomic E-state index is 0.137. The van der Waals surface area contributed by atoms with E-state index in [1.807, 2.05) is 18.2 Å². The molecule has 0 spiro atoms. The molecule has 0 radical (unpaired) electrons. The van der Waals surface area contributed by atoms with Gasteiger partial charge >= 0.3 is 0 Å². The summed E-state index contributed by atoms with van der Waals surface area (Å²) < 4.78 is 2.42. The Labute approximate surface area is 201 Å². The number of aromatic nitrogens is 1. The molecule has 0 bridgehead atoms. The van der Waals surface area contributed by atoms with E-state index < -0.39 is 0 Å². The maximum atomic E-state index is 11.7. The van der Waals surface area contributed by atoms with E-state index in [9.17, 15) is 9.90 Å². The molecule has 182 valence electrons. The lowest BCUT2D eigenvalue weighted by molar-refractivity contribution is 0.112. The van der Waals surface area contributed by atoms with E-state index in [0.717, 1.165) is 31.2 Å². The van der Waals surface area contributed by atoms with Gasteiger partial charge in [0.25, 0.3) is 0 Å². The summed E-state index contributed by atoms with van der Waals surface area (Å²) in [7, 11) is 0. The summed E-state index contributed by atoms with van der Waals surface area (Å²) in [4.78, 5) is 11.7. The van der Waals surface area contributed by atoms with Gasteiger partial charge in [-0.15, -0.1) is 6.58 Å². The second-order valence-electron chi connectivity index (χ2n) is 9.74. The summed E-state index contributed by atoms with van der Waals surface area (Å²) in [5.41, 5.74) is 4.64. The van der Waals surface area contributed by atoms with E-state index in [2.05, 4.69) is 64.0 Å². The standard InChI is InChI=1S/C30H45NO2/c1-7-11-14-26(13-9-3)29-27-16-15-24(20-32)18-28(27)31(30(29)23(6)12-8-2)19-25(21-33)17-22(5)10-4/h8,10,12,15-16,18,20,22-23,25-26,33H,4,7,9,11,13-14,17,19,21H2,1-3,5-6H3/b12-8-. The van der Waals surface area contributed by atoms with Gasteiger partial charge in [-0.3, -0.25) is 4.79 Å². The monoisotopic (exact) mass is 451 g/mol. The molecule has 0 amide bonds. The third-order valence-electron chi connectivity index (χ3n) is 6.98. The van der Waals surface area contributed by atoms with Crippen molar-refractivity contribution < 1.29 is 9.90 Å². The number of hydrogen-bond donors (Lipinski definition) is 1. The van der Waals surface area contributed by atoms with Crippen molar-refractivity contribution in [2.45, 2.75) is 91.5 Å². The van der Waals surface area contributed by atoms with Gasteiger partial charge in [-0.1, -0.05) is 77.3 Å². The summed E-state index contributed by atoms with van der Waals surface area (Å²) in [6.45, 7) is 15.9. The Morgan fingerprint density at radius 2 is 1.91 bits per heavy atom. The molecule has 4 atom stereocenters. The number of aldehydes is 1. The van der Waals surface area contributed by atoms with Gasteiger partial charge in [-0.05, 0) is 49.7 Å². The first-order valence-electron chi connectivity index (χ1n) is 12.9. The van der Waals surface area contributed by atoms with Crippen molar-refractivity contribution in [2.75, 3.05) is 6.61 Å². The number of aliphatic hydroxyl groups is 1. The third-order valence-corrected chi connectivity index (χ3v) is 6.98. The Kier molecular flexibility index (Phi) is 11.1. The van der Waals surface area contributed by atoms with Gasteiger partial charge in [0.1, 0.15) is 6.29 Å². The van der Waals surface area contributed by atoms with Crippen LogP contribution in [0, 0.1) is 11.8 Å². The minimum Gasteiger partial charge on any atom is -0.396 e. The minimum atomic E-state index is 0.137. The highest BCUT2D eigenvalue weighted by Crippen LogP contribution is 2.41. The number of carbonyl (C=O) groups excluding carboxylic acids is 1. The highest BCUT2D eigenvalue weighted by atomic mass is 16.3. The molecular formula is C30H45NO2. The largest absolute Gasteiger partial charge is 0.396 e. The topological polar surface area (TPSA) is 42.2 Å². The van der Waals surface area contributed by atoms with Crippen LogP contribution in [0.25, 0.3) is 10.9 Å². The number of benzene rings is 1. The molecule has 2 rings (SSSR count). The van der Waals surface area contributed by atoms with Crippen LogP contribution in [-0.2, 0) is 6.54 Å². The number of hydrogen-bond acceptors (Lipinski definition) is 2. The van der Waals surface area contributed by atoms with Gasteiger partial charge in [0.2, 0.25) is 0 Å². The lowest BCUT2D eigenvalue weighted by Crippen LogP contribution is -2.19. The Morgan fingerprint density at radius 3 is 2.48 bits per heavy atom. The van der Waals surface area contributed by atoms with E-state index in [0.29, 0.717) is 17.4 Å². The van der Waals surface area contributed by atoms with Crippen molar-refractivity contribution in [3.8, 4) is 0 Å². The van der Waals surface area contributed by atoms with Crippen LogP contribution in [-0.4, -0.2) is 22.6 Å². The van der Waals surface area contributed by atoms with E-state index in [1.54, 1.807) is 0 Å². The fraction of sp³-hybridized carbons (Fsp3) is 0.567. The number of rotatable bonds is 15. The summed E-state index contributed by atoms with van der Waals surface area (Å²) in [5, 5.41) is 11.5. The molecule has 0 fully saturated rings. The third kappa shape index (κ3) is 6.69. The predicted molar refractivity (Wildman–Crippen MR) is 142 cm³/mol. The second-order valence-corrected chi connectivity index (χ2v) is 9.74.